The molecule has 0 aliphatic heterocycles. The van der Waals surface area contributed by atoms with E-state index < -0.39 is 0 Å². The van der Waals surface area contributed by atoms with Gasteiger partial charge in [0.05, 0.1) is 0 Å². The van der Waals surface area contributed by atoms with Gasteiger partial charge in [0.2, 0.25) is 0 Å². The number of hydrogen-bond acceptors (Lipinski definition) is 4. The van der Waals surface area contributed by atoms with Crippen LogP contribution in [0.3, 0.4) is 0 Å². The predicted molar refractivity (Wildman–Crippen MR) is 88.8 cm³/mol. The molecule has 21 heavy (non-hydrogen) atoms. The molecule has 4 nitrogen and oxygen atoms in total. The van der Waals surface area contributed by atoms with Crippen LogP contribution in [0.2, 0.25) is 0 Å². The Labute approximate surface area is 127 Å². The van der Waals surface area contributed by atoms with Crippen molar-refractivity contribution in [2.75, 3.05) is 17.7 Å². The largest absolute Gasteiger partial charge is 0.373 e. The molecule has 0 aliphatic rings. The molecule has 2 aromatic rings. The van der Waals surface area contributed by atoms with E-state index in [0.717, 1.165) is 29.6 Å². The van der Waals surface area contributed by atoms with Crippen molar-refractivity contribution in [2.45, 2.75) is 39.7 Å². The number of aromatic nitrogens is 2. The fourth-order valence-electron chi connectivity index (χ4n) is 2.05. The zero-order valence-electron chi connectivity index (χ0n) is 13.5. The molecular weight excluding hydrogens is 260 g/mol. The quantitative estimate of drug-likeness (QED) is 0.898. The van der Waals surface area contributed by atoms with Crippen LogP contribution in [-0.2, 0) is 12.0 Å². The Balaban J connectivity index is 2.29. The molecule has 0 fully saturated rings. The molecule has 0 bridgehead atoms. The number of rotatable bonds is 4. The van der Waals surface area contributed by atoms with Crippen molar-refractivity contribution in [2.24, 2.45) is 0 Å². The number of nitrogens with zero attached hydrogens (tertiary/aromatic N) is 2. The summed E-state index contributed by atoms with van der Waals surface area (Å²) in [4.78, 5) is 9.32. The van der Waals surface area contributed by atoms with E-state index >= 15 is 0 Å². The van der Waals surface area contributed by atoms with Gasteiger partial charge in [-0.1, -0.05) is 51.1 Å². The summed E-state index contributed by atoms with van der Waals surface area (Å²) < 4.78 is 0. The summed E-state index contributed by atoms with van der Waals surface area (Å²) in [6.45, 7) is 9.16. The molecule has 0 aliphatic carbocycles. The Kier molecular flexibility index (Phi) is 4.46. The lowest BCUT2D eigenvalue weighted by atomic mass is 9.95. The van der Waals surface area contributed by atoms with Crippen LogP contribution in [0.4, 0.5) is 11.6 Å². The van der Waals surface area contributed by atoms with Crippen LogP contribution >= 0.6 is 0 Å². The lowest BCUT2D eigenvalue weighted by molar-refractivity contribution is 0.546. The average molecular weight is 284 g/mol. The second-order valence-corrected chi connectivity index (χ2v) is 6.21. The van der Waals surface area contributed by atoms with Crippen LogP contribution < -0.4 is 10.6 Å². The molecule has 0 radical (unpaired) electrons. The highest BCUT2D eigenvalue weighted by molar-refractivity contribution is 5.57. The van der Waals surface area contributed by atoms with Gasteiger partial charge in [0.25, 0.3) is 0 Å². The van der Waals surface area contributed by atoms with Crippen LogP contribution in [0.15, 0.2) is 30.3 Å². The minimum absolute atomic E-state index is 0.0809. The van der Waals surface area contributed by atoms with Crippen molar-refractivity contribution in [3.05, 3.63) is 47.3 Å². The summed E-state index contributed by atoms with van der Waals surface area (Å²) in [5, 5.41) is 6.58. The lowest BCUT2D eigenvalue weighted by Gasteiger charge is -2.20. The van der Waals surface area contributed by atoms with Crippen LogP contribution in [0.5, 0.6) is 0 Å². The maximum Gasteiger partial charge on any atom is 0.138 e. The standard InChI is InChI=1S/C17H24N4/c1-12-14(18-5)20-16(17(2,3)4)21-15(12)19-11-13-9-7-6-8-10-13/h6-10H,11H2,1-5H3,(H2,18,19,20,21). The first-order chi connectivity index (χ1) is 9.91. The molecule has 0 amide bonds. The molecule has 1 aromatic carbocycles. The van der Waals surface area contributed by atoms with Gasteiger partial charge in [0, 0.05) is 24.6 Å². The highest BCUT2D eigenvalue weighted by Gasteiger charge is 2.20. The molecule has 0 atom stereocenters. The minimum Gasteiger partial charge on any atom is -0.373 e. The van der Waals surface area contributed by atoms with Gasteiger partial charge < -0.3 is 10.6 Å². The van der Waals surface area contributed by atoms with Gasteiger partial charge >= 0.3 is 0 Å². The van der Waals surface area contributed by atoms with E-state index in [-0.39, 0.29) is 5.41 Å². The Morgan fingerprint density at radius 2 is 1.62 bits per heavy atom. The van der Waals surface area contributed by atoms with Crippen LogP contribution in [0.1, 0.15) is 37.7 Å². The van der Waals surface area contributed by atoms with Gasteiger partial charge in [-0.05, 0) is 12.5 Å². The van der Waals surface area contributed by atoms with E-state index in [1.165, 1.54) is 5.56 Å². The lowest BCUT2D eigenvalue weighted by Crippen LogP contribution is -2.19. The molecule has 2 rings (SSSR count). The molecule has 0 spiro atoms. The molecular formula is C17H24N4. The normalized spacial score (nSPS) is 11.3. The predicted octanol–water partition coefficient (Wildman–Crippen LogP) is 3.74. The first kappa shape index (κ1) is 15.3. The average Bonchev–Trinajstić information content (AvgIpc) is 2.46. The third kappa shape index (κ3) is 3.72. The van der Waals surface area contributed by atoms with Gasteiger partial charge in [0.15, 0.2) is 0 Å². The highest BCUT2D eigenvalue weighted by atomic mass is 15.1. The molecule has 0 unspecified atom stereocenters. The summed E-state index contributed by atoms with van der Waals surface area (Å²) >= 11 is 0. The van der Waals surface area contributed by atoms with E-state index in [4.69, 9.17) is 4.98 Å². The van der Waals surface area contributed by atoms with E-state index in [1.54, 1.807) is 0 Å². The van der Waals surface area contributed by atoms with Gasteiger partial charge in [-0.3, -0.25) is 0 Å². The molecule has 1 aromatic heterocycles. The molecule has 0 saturated heterocycles. The number of anilines is 2. The summed E-state index contributed by atoms with van der Waals surface area (Å²) in [6.07, 6.45) is 0. The number of nitrogens with one attached hydrogen (secondary N) is 2. The van der Waals surface area contributed by atoms with Crippen molar-refractivity contribution in [3.63, 3.8) is 0 Å². The summed E-state index contributed by atoms with van der Waals surface area (Å²) in [7, 11) is 1.89. The smallest absolute Gasteiger partial charge is 0.138 e. The van der Waals surface area contributed by atoms with Gasteiger partial charge in [-0.25, -0.2) is 9.97 Å². The third-order valence-electron chi connectivity index (χ3n) is 3.36. The minimum atomic E-state index is -0.0809. The SMILES string of the molecule is CNc1nc(C(C)(C)C)nc(NCc2ccccc2)c1C. The molecule has 1 heterocycles. The van der Waals surface area contributed by atoms with Gasteiger partial charge in [-0.15, -0.1) is 0 Å². The maximum absolute atomic E-state index is 4.71. The molecule has 4 heteroatoms. The van der Waals surface area contributed by atoms with Crippen molar-refractivity contribution in [3.8, 4) is 0 Å². The summed E-state index contributed by atoms with van der Waals surface area (Å²) in [5.74, 6) is 2.61. The molecule has 112 valence electrons. The number of hydrogen-bond donors (Lipinski definition) is 2. The maximum atomic E-state index is 4.71. The van der Waals surface area contributed by atoms with Crippen molar-refractivity contribution in [1.29, 1.82) is 0 Å². The summed E-state index contributed by atoms with van der Waals surface area (Å²) in [5.41, 5.74) is 2.20. The first-order valence-corrected chi connectivity index (χ1v) is 7.26. The number of benzene rings is 1. The van der Waals surface area contributed by atoms with Crippen LogP contribution in [-0.4, -0.2) is 17.0 Å². The fraction of sp³-hybridized carbons (Fsp3) is 0.412. The van der Waals surface area contributed by atoms with Crippen molar-refractivity contribution in [1.82, 2.24) is 9.97 Å². The van der Waals surface area contributed by atoms with E-state index in [1.807, 2.05) is 32.2 Å². The van der Waals surface area contributed by atoms with E-state index in [2.05, 4.69) is 48.5 Å². The summed E-state index contributed by atoms with van der Waals surface area (Å²) in [6, 6.07) is 10.3. The van der Waals surface area contributed by atoms with Crippen LogP contribution in [0.25, 0.3) is 0 Å². The van der Waals surface area contributed by atoms with E-state index in [0.29, 0.717) is 0 Å². The van der Waals surface area contributed by atoms with Gasteiger partial charge in [-0.2, -0.15) is 0 Å². The Bertz CT molecular complexity index is 600. The van der Waals surface area contributed by atoms with Crippen molar-refractivity contribution >= 4 is 11.6 Å². The molecule has 2 N–H and O–H groups in total. The zero-order valence-corrected chi connectivity index (χ0v) is 13.5. The fourth-order valence-corrected chi connectivity index (χ4v) is 2.05. The second-order valence-electron chi connectivity index (χ2n) is 6.21. The Hall–Kier alpha value is -2.10. The Morgan fingerprint density at radius 3 is 2.19 bits per heavy atom. The van der Waals surface area contributed by atoms with E-state index in [9.17, 15) is 0 Å². The monoisotopic (exact) mass is 284 g/mol. The second kappa shape index (κ2) is 6.12. The van der Waals surface area contributed by atoms with Gasteiger partial charge in [0.1, 0.15) is 17.5 Å². The Morgan fingerprint density at radius 1 is 1.00 bits per heavy atom. The third-order valence-corrected chi connectivity index (χ3v) is 3.36. The van der Waals surface area contributed by atoms with Crippen LogP contribution in [0, 0.1) is 6.92 Å². The van der Waals surface area contributed by atoms with Crippen molar-refractivity contribution < 1.29 is 0 Å². The zero-order chi connectivity index (χ0) is 15.5. The highest BCUT2D eigenvalue weighted by Crippen LogP contribution is 2.26. The first-order valence-electron chi connectivity index (χ1n) is 7.26. The molecule has 0 saturated carbocycles. The topological polar surface area (TPSA) is 49.8 Å².